The summed E-state index contributed by atoms with van der Waals surface area (Å²) in [5.41, 5.74) is 9.86. The molecule has 106 valence electrons. The van der Waals surface area contributed by atoms with Crippen molar-refractivity contribution < 1.29 is 4.79 Å². The average Bonchev–Trinajstić information content (AvgIpc) is 2.36. The van der Waals surface area contributed by atoms with E-state index < -0.39 is 0 Å². The van der Waals surface area contributed by atoms with Gasteiger partial charge in [-0.05, 0) is 77.9 Å². The van der Waals surface area contributed by atoms with Gasteiger partial charge in [0.1, 0.15) is 0 Å². The fourth-order valence-electron chi connectivity index (χ4n) is 1.74. The van der Waals surface area contributed by atoms with Crippen LogP contribution in [0.2, 0.25) is 0 Å². The normalized spacial score (nSPS) is 9.75. The van der Waals surface area contributed by atoms with E-state index in [1.54, 1.807) is 12.1 Å². The van der Waals surface area contributed by atoms with Crippen molar-refractivity contribution in [1.29, 1.82) is 0 Å². The number of anilines is 2. The van der Waals surface area contributed by atoms with Crippen LogP contribution in [-0.2, 0) is 0 Å². The Bertz CT molecular complexity index is 644. The zero-order valence-electron chi connectivity index (χ0n) is 11.2. The summed E-state index contributed by atoms with van der Waals surface area (Å²) in [5, 5.41) is 2.90. The molecule has 0 spiro atoms. The summed E-state index contributed by atoms with van der Waals surface area (Å²) in [6.45, 7) is 3.89. The molecule has 0 aliphatic rings. The molecular weight excluding hydrogens is 387 g/mol. The molecule has 0 bridgehead atoms. The molecule has 20 heavy (non-hydrogen) atoms. The lowest BCUT2D eigenvalue weighted by atomic mass is 10.1. The van der Waals surface area contributed by atoms with Crippen LogP contribution in [0.15, 0.2) is 36.4 Å². The van der Waals surface area contributed by atoms with Crippen molar-refractivity contribution in [3.63, 3.8) is 0 Å². The first-order valence-corrected chi connectivity index (χ1v) is 6.99. The van der Waals surface area contributed by atoms with Gasteiger partial charge in [0.2, 0.25) is 0 Å². The zero-order chi connectivity index (χ0) is 14.0. The molecule has 2 aromatic carbocycles. The van der Waals surface area contributed by atoms with E-state index in [0.717, 1.165) is 20.4 Å². The maximum Gasteiger partial charge on any atom is 0.255 e. The van der Waals surface area contributed by atoms with Gasteiger partial charge in [0.25, 0.3) is 5.91 Å². The Morgan fingerprint density at radius 3 is 2.40 bits per heavy atom. The Balaban J connectivity index is 0.00000200. The third-order valence-electron chi connectivity index (χ3n) is 2.98. The molecule has 0 aliphatic heterocycles. The van der Waals surface area contributed by atoms with E-state index >= 15 is 0 Å². The first-order chi connectivity index (χ1) is 8.97. The molecule has 1 amide bonds. The van der Waals surface area contributed by atoms with Crippen LogP contribution in [-0.4, -0.2) is 5.91 Å². The van der Waals surface area contributed by atoms with Crippen LogP contribution in [0.3, 0.4) is 0 Å². The predicted molar refractivity (Wildman–Crippen MR) is 94.7 cm³/mol. The number of rotatable bonds is 2. The molecule has 2 aromatic rings. The number of hydrogen-bond donors (Lipinski definition) is 2. The number of benzene rings is 2. The largest absolute Gasteiger partial charge is 0.398 e. The predicted octanol–water partition coefficient (Wildman–Crippen LogP) is 4.16. The lowest BCUT2D eigenvalue weighted by Gasteiger charge is -2.10. The van der Waals surface area contributed by atoms with E-state index in [-0.39, 0.29) is 18.3 Å². The molecular formula is C15H16ClIN2O. The van der Waals surface area contributed by atoms with Crippen LogP contribution < -0.4 is 11.1 Å². The Morgan fingerprint density at radius 1 is 1.10 bits per heavy atom. The fraction of sp³-hybridized carbons (Fsp3) is 0.133. The Kier molecular flexibility index (Phi) is 5.83. The standard InChI is InChI=1S/C15H15IN2O.ClH/c1-9-3-4-11(8-13(9)17)15(19)18-14-6-5-12(16)7-10(14)2;/h3-8H,17H2,1-2H3,(H,18,19);1H. The first kappa shape index (κ1) is 16.8. The monoisotopic (exact) mass is 402 g/mol. The lowest BCUT2D eigenvalue weighted by molar-refractivity contribution is 0.102. The average molecular weight is 403 g/mol. The lowest BCUT2D eigenvalue weighted by Crippen LogP contribution is -2.13. The minimum atomic E-state index is -0.143. The van der Waals surface area contributed by atoms with E-state index in [2.05, 4.69) is 27.9 Å². The van der Waals surface area contributed by atoms with Crippen LogP contribution in [0.4, 0.5) is 11.4 Å². The van der Waals surface area contributed by atoms with Gasteiger partial charge in [0.05, 0.1) is 0 Å². The Hall–Kier alpha value is -1.27. The van der Waals surface area contributed by atoms with Gasteiger partial charge >= 0.3 is 0 Å². The molecule has 0 aliphatic carbocycles. The highest BCUT2D eigenvalue weighted by atomic mass is 127. The van der Waals surface area contributed by atoms with Gasteiger partial charge in [0.15, 0.2) is 0 Å². The fourth-order valence-corrected chi connectivity index (χ4v) is 2.39. The highest BCUT2D eigenvalue weighted by Gasteiger charge is 2.09. The van der Waals surface area contributed by atoms with E-state index in [0.29, 0.717) is 11.3 Å². The number of hydrogen-bond acceptors (Lipinski definition) is 2. The minimum Gasteiger partial charge on any atom is -0.398 e. The maximum absolute atomic E-state index is 12.1. The van der Waals surface area contributed by atoms with Gasteiger partial charge in [0, 0.05) is 20.5 Å². The molecule has 0 unspecified atom stereocenters. The third-order valence-corrected chi connectivity index (χ3v) is 3.65. The van der Waals surface area contributed by atoms with Crippen molar-refractivity contribution in [2.24, 2.45) is 0 Å². The molecule has 0 radical (unpaired) electrons. The molecule has 0 saturated heterocycles. The van der Waals surface area contributed by atoms with Gasteiger partial charge in [-0.15, -0.1) is 12.4 Å². The van der Waals surface area contributed by atoms with Crippen LogP contribution in [0.1, 0.15) is 21.5 Å². The molecule has 0 atom stereocenters. The minimum absolute atomic E-state index is 0. The van der Waals surface area contributed by atoms with Crippen molar-refractivity contribution in [3.8, 4) is 0 Å². The summed E-state index contributed by atoms with van der Waals surface area (Å²) in [6.07, 6.45) is 0. The summed E-state index contributed by atoms with van der Waals surface area (Å²) in [4.78, 5) is 12.1. The van der Waals surface area contributed by atoms with Crippen molar-refractivity contribution in [3.05, 3.63) is 56.7 Å². The van der Waals surface area contributed by atoms with Gasteiger partial charge < -0.3 is 11.1 Å². The molecule has 5 heteroatoms. The van der Waals surface area contributed by atoms with Crippen LogP contribution in [0.25, 0.3) is 0 Å². The highest BCUT2D eigenvalue weighted by Crippen LogP contribution is 2.19. The van der Waals surface area contributed by atoms with E-state index in [1.165, 1.54) is 0 Å². The zero-order valence-corrected chi connectivity index (χ0v) is 14.2. The number of halogens is 2. The number of aryl methyl sites for hydroxylation is 2. The van der Waals surface area contributed by atoms with Crippen LogP contribution in [0, 0.1) is 17.4 Å². The molecule has 0 saturated carbocycles. The Labute approximate surface area is 138 Å². The molecule has 2 rings (SSSR count). The van der Waals surface area contributed by atoms with E-state index in [9.17, 15) is 4.79 Å². The van der Waals surface area contributed by atoms with Gasteiger partial charge in [-0.2, -0.15) is 0 Å². The second-order valence-corrected chi connectivity index (χ2v) is 5.73. The molecule has 3 N–H and O–H groups in total. The van der Waals surface area contributed by atoms with Crippen LogP contribution in [0.5, 0.6) is 0 Å². The van der Waals surface area contributed by atoms with Crippen molar-refractivity contribution in [1.82, 2.24) is 0 Å². The summed E-state index contributed by atoms with van der Waals surface area (Å²) in [7, 11) is 0. The number of nitrogen functional groups attached to an aromatic ring is 1. The van der Waals surface area contributed by atoms with E-state index in [4.69, 9.17) is 5.73 Å². The SMILES string of the molecule is Cc1ccc(C(=O)Nc2ccc(I)cc2C)cc1N.Cl. The van der Waals surface area contributed by atoms with Gasteiger partial charge in [-0.1, -0.05) is 6.07 Å². The molecule has 0 aromatic heterocycles. The summed E-state index contributed by atoms with van der Waals surface area (Å²) in [6, 6.07) is 11.2. The number of carbonyl (C=O) groups is 1. The van der Waals surface area contributed by atoms with E-state index in [1.807, 2.05) is 38.1 Å². The number of nitrogens with one attached hydrogen (secondary N) is 1. The topological polar surface area (TPSA) is 55.1 Å². The number of carbonyl (C=O) groups excluding carboxylic acids is 1. The third kappa shape index (κ3) is 3.86. The molecule has 0 heterocycles. The Morgan fingerprint density at radius 2 is 1.80 bits per heavy atom. The number of nitrogens with two attached hydrogens (primary N) is 1. The summed E-state index contributed by atoms with van der Waals surface area (Å²) >= 11 is 2.25. The quantitative estimate of drug-likeness (QED) is 0.585. The van der Waals surface area contributed by atoms with Gasteiger partial charge in [-0.3, -0.25) is 4.79 Å². The first-order valence-electron chi connectivity index (χ1n) is 5.91. The summed E-state index contributed by atoms with van der Waals surface area (Å²) < 4.78 is 1.15. The second-order valence-electron chi connectivity index (χ2n) is 4.48. The van der Waals surface area contributed by atoms with Crippen LogP contribution >= 0.6 is 35.0 Å². The second kappa shape index (κ2) is 6.95. The van der Waals surface area contributed by atoms with Gasteiger partial charge in [-0.25, -0.2) is 0 Å². The summed E-state index contributed by atoms with van der Waals surface area (Å²) in [5.74, 6) is -0.143. The van der Waals surface area contributed by atoms with Crippen molar-refractivity contribution >= 4 is 52.3 Å². The van der Waals surface area contributed by atoms with Crippen molar-refractivity contribution in [2.45, 2.75) is 13.8 Å². The molecule has 3 nitrogen and oxygen atoms in total. The van der Waals surface area contributed by atoms with Crippen molar-refractivity contribution in [2.75, 3.05) is 11.1 Å². The number of amides is 1. The molecule has 0 fully saturated rings. The highest BCUT2D eigenvalue weighted by molar-refractivity contribution is 14.1. The maximum atomic E-state index is 12.1. The smallest absolute Gasteiger partial charge is 0.255 e.